The topological polar surface area (TPSA) is 39.1 Å². The molecular formula is C15H20ClN3O. The molecule has 0 spiro atoms. The lowest BCUT2D eigenvalue weighted by Gasteiger charge is -2.18. The molecule has 5 heteroatoms. The van der Waals surface area contributed by atoms with Crippen molar-refractivity contribution in [3.63, 3.8) is 0 Å². The first-order chi connectivity index (χ1) is 9.69. The maximum absolute atomic E-state index is 6.02. The first kappa shape index (κ1) is 14.9. The lowest BCUT2D eigenvalue weighted by Crippen LogP contribution is -2.18. The first-order valence-corrected chi connectivity index (χ1v) is 7.10. The summed E-state index contributed by atoms with van der Waals surface area (Å²) < 4.78 is 7.39. The van der Waals surface area contributed by atoms with Gasteiger partial charge in [0, 0.05) is 28.9 Å². The number of ether oxygens (including phenoxy) is 1. The van der Waals surface area contributed by atoms with E-state index in [9.17, 15) is 0 Å². The molecule has 4 nitrogen and oxygen atoms in total. The number of halogens is 1. The molecule has 0 saturated heterocycles. The molecule has 1 unspecified atom stereocenters. The van der Waals surface area contributed by atoms with Crippen molar-refractivity contribution in [2.45, 2.75) is 25.9 Å². The number of hydrogen-bond donors (Lipinski definition) is 1. The smallest absolute Gasteiger partial charge is 0.125 e. The molecule has 0 bridgehead atoms. The molecule has 20 heavy (non-hydrogen) atoms. The molecule has 2 aromatic rings. The van der Waals surface area contributed by atoms with Crippen molar-refractivity contribution in [2.24, 2.45) is 0 Å². The number of nitrogens with zero attached hydrogens (tertiary/aromatic N) is 2. The molecule has 0 aliphatic carbocycles. The minimum absolute atomic E-state index is 0.0350. The van der Waals surface area contributed by atoms with Gasteiger partial charge in [0.1, 0.15) is 5.75 Å². The van der Waals surface area contributed by atoms with Crippen LogP contribution in [0.2, 0.25) is 5.02 Å². The van der Waals surface area contributed by atoms with Gasteiger partial charge < -0.3 is 10.1 Å². The molecule has 1 heterocycles. The zero-order valence-electron chi connectivity index (χ0n) is 12.1. The second kappa shape index (κ2) is 6.77. The summed E-state index contributed by atoms with van der Waals surface area (Å²) in [6.45, 7) is 3.06. The van der Waals surface area contributed by atoms with Gasteiger partial charge in [0.25, 0.3) is 0 Å². The van der Waals surface area contributed by atoms with Gasteiger partial charge in [-0.3, -0.25) is 4.68 Å². The standard InChI is InChI=1S/C15H20ClN3O/c1-4-7-19-10-11(9-18-19)15(17-2)13-6-5-12(16)8-14(13)20-3/h5-6,8-10,15,17H,4,7H2,1-3H3. The molecule has 108 valence electrons. The van der Waals surface area contributed by atoms with Gasteiger partial charge in [0.05, 0.1) is 19.3 Å². The van der Waals surface area contributed by atoms with Crippen molar-refractivity contribution >= 4 is 11.6 Å². The van der Waals surface area contributed by atoms with Gasteiger partial charge >= 0.3 is 0 Å². The SMILES string of the molecule is CCCn1cc(C(NC)c2ccc(Cl)cc2OC)cn1. The minimum Gasteiger partial charge on any atom is -0.496 e. The molecule has 0 aliphatic heterocycles. The van der Waals surface area contributed by atoms with Crippen molar-refractivity contribution in [3.8, 4) is 5.75 Å². The highest BCUT2D eigenvalue weighted by Crippen LogP contribution is 2.31. The lowest BCUT2D eigenvalue weighted by molar-refractivity contribution is 0.405. The van der Waals surface area contributed by atoms with Crippen LogP contribution in [0.3, 0.4) is 0 Å². The summed E-state index contributed by atoms with van der Waals surface area (Å²) in [5.74, 6) is 0.778. The Hall–Kier alpha value is -1.52. The number of benzene rings is 1. The molecule has 2 rings (SSSR count). The Labute approximate surface area is 124 Å². The monoisotopic (exact) mass is 293 g/mol. The average Bonchev–Trinajstić information content (AvgIpc) is 2.90. The Balaban J connectivity index is 2.35. The Bertz CT molecular complexity index is 568. The van der Waals surface area contributed by atoms with Gasteiger partial charge in [-0.1, -0.05) is 24.6 Å². The highest BCUT2D eigenvalue weighted by Gasteiger charge is 2.18. The van der Waals surface area contributed by atoms with Gasteiger partial charge in [-0.2, -0.15) is 5.10 Å². The highest BCUT2D eigenvalue weighted by molar-refractivity contribution is 6.30. The highest BCUT2D eigenvalue weighted by atomic mass is 35.5. The fourth-order valence-corrected chi connectivity index (χ4v) is 2.47. The third kappa shape index (κ3) is 3.14. The maximum Gasteiger partial charge on any atom is 0.125 e. The summed E-state index contributed by atoms with van der Waals surface area (Å²) in [6, 6.07) is 5.73. The first-order valence-electron chi connectivity index (χ1n) is 6.72. The normalized spacial score (nSPS) is 12.4. The van der Waals surface area contributed by atoms with Crippen molar-refractivity contribution in [1.82, 2.24) is 15.1 Å². The third-order valence-corrected chi connectivity index (χ3v) is 3.47. The van der Waals surface area contributed by atoms with E-state index < -0.39 is 0 Å². The largest absolute Gasteiger partial charge is 0.496 e. The fourth-order valence-electron chi connectivity index (χ4n) is 2.31. The van der Waals surface area contributed by atoms with E-state index in [2.05, 4.69) is 23.5 Å². The summed E-state index contributed by atoms with van der Waals surface area (Å²) in [5, 5.41) is 8.36. The molecule has 1 aromatic heterocycles. The van der Waals surface area contributed by atoms with E-state index >= 15 is 0 Å². The van der Waals surface area contributed by atoms with Crippen LogP contribution < -0.4 is 10.1 Å². The quantitative estimate of drug-likeness (QED) is 0.888. The Morgan fingerprint density at radius 2 is 2.25 bits per heavy atom. The molecule has 1 atom stereocenters. The number of nitrogens with one attached hydrogen (secondary N) is 1. The molecular weight excluding hydrogens is 274 g/mol. The van der Waals surface area contributed by atoms with Gasteiger partial charge in [-0.25, -0.2) is 0 Å². The van der Waals surface area contributed by atoms with Gasteiger partial charge in [-0.05, 0) is 25.6 Å². The van der Waals surface area contributed by atoms with E-state index in [0.29, 0.717) is 5.02 Å². The van der Waals surface area contributed by atoms with E-state index in [0.717, 1.165) is 29.8 Å². The number of rotatable bonds is 6. The van der Waals surface area contributed by atoms with Crippen molar-refractivity contribution < 1.29 is 4.74 Å². The van der Waals surface area contributed by atoms with E-state index in [4.69, 9.17) is 16.3 Å². The summed E-state index contributed by atoms with van der Waals surface area (Å²) in [6.07, 6.45) is 5.03. The van der Waals surface area contributed by atoms with Gasteiger partial charge in [-0.15, -0.1) is 0 Å². The zero-order valence-corrected chi connectivity index (χ0v) is 12.8. The van der Waals surface area contributed by atoms with Crippen LogP contribution in [-0.4, -0.2) is 23.9 Å². The number of aromatic nitrogens is 2. The molecule has 1 N–H and O–H groups in total. The molecule has 0 saturated carbocycles. The second-order valence-corrected chi connectivity index (χ2v) is 5.08. The van der Waals surface area contributed by atoms with E-state index in [1.807, 2.05) is 36.1 Å². The molecule has 0 aliphatic rings. The maximum atomic E-state index is 6.02. The van der Waals surface area contributed by atoms with Crippen LogP contribution in [0.15, 0.2) is 30.6 Å². The Morgan fingerprint density at radius 3 is 2.90 bits per heavy atom. The summed E-state index contributed by atoms with van der Waals surface area (Å²) in [4.78, 5) is 0. The van der Waals surface area contributed by atoms with Crippen LogP contribution in [0.4, 0.5) is 0 Å². The average molecular weight is 294 g/mol. The summed E-state index contributed by atoms with van der Waals surface area (Å²) in [5.41, 5.74) is 2.16. The number of hydrogen-bond acceptors (Lipinski definition) is 3. The van der Waals surface area contributed by atoms with Crippen LogP contribution >= 0.6 is 11.6 Å². The van der Waals surface area contributed by atoms with Crippen LogP contribution in [0, 0.1) is 0 Å². The van der Waals surface area contributed by atoms with Crippen LogP contribution in [0.25, 0.3) is 0 Å². The van der Waals surface area contributed by atoms with E-state index in [-0.39, 0.29) is 6.04 Å². The van der Waals surface area contributed by atoms with Gasteiger partial charge in [0.2, 0.25) is 0 Å². The fraction of sp³-hybridized carbons (Fsp3) is 0.400. The van der Waals surface area contributed by atoms with Crippen molar-refractivity contribution in [3.05, 3.63) is 46.7 Å². The molecule has 0 fully saturated rings. The predicted octanol–water partition coefficient (Wildman–Crippen LogP) is 3.26. The minimum atomic E-state index is 0.0350. The Kier molecular flexibility index (Phi) is 5.04. The number of aryl methyl sites for hydroxylation is 1. The van der Waals surface area contributed by atoms with E-state index in [1.54, 1.807) is 7.11 Å². The third-order valence-electron chi connectivity index (χ3n) is 3.23. The zero-order chi connectivity index (χ0) is 14.5. The molecule has 0 amide bonds. The van der Waals surface area contributed by atoms with Gasteiger partial charge in [0.15, 0.2) is 0 Å². The summed E-state index contributed by atoms with van der Waals surface area (Å²) >= 11 is 6.02. The van der Waals surface area contributed by atoms with Crippen molar-refractivity contribution in [1.29, 1.82) is 0 Å². The predicted molar refractivity (Wildman–Crippen MR) is 81.4 cm³/mol. The molecule has 1 aromatic carbocycles. The number of methoxy groups -OCH3 is 1. The van der Waals surface area contributed by atoms with Crippen LogP contribution in [0.5, 0.6) is 5.75 Å². The van der Waals surface area contributed by atoms with Crippen LogP contribution in [0.1, 0.15) is 30.5 Å². The second-order valence-electron chi connectivity index (χ2n) is 4.64. The van der Waals surface area contributed by atoms with Crippen molar-refractivity contribution in [2.75, 3.05) is 14.2 Å². The molecule has 0 radical (unpaired) electrons. The van der Waals surface area contributed by atoms with E-state index in [1.165, 1.54) is 0 Å². The lowest BCUT2D eigenvalue weighted by atomic mass is 10.0. The van der Waals surface area contributed by atoms with Crippen LogP contribution in [-0.2, 0) is 6.54 Å². The Morgan fingerprint density at radius 1 is 1.45 bits per heavy atom. The summed E-state index contributed by atoms with van der Waals surface area (Å²) in [7, 11) is 3.58.